The minimum atomic E-state index is -0.0662. The second-order valence-electron chi connectivity index (χ2n) is 8.03. The molecule has 0 fully saturated rings. The highest BCUT2D eigenvalue weighted by Crippen LogP contribution is 2.42. The molecular weight excluding hydrogens is 442 g/mol. The molecule has 1 aromatic carbocycles. The Labute approximate surface area is 197 Å². The molecule has 0 unspecified atom stereocenters. The van der Waals surface area contributed by atoms with E-state index in [9.17, 15) is 4.79 Å². The predicted molar refractivity (Wildman–Crippen MR) is 131 cm³/mol. The first-order chi connectivity index (χ1) is 15.5. The highest BCUT2D eigenvalue weighted by molar-refractivity contribution is 7.16. The van der Waals surface area contributed by atoms with Crippen LogP contribution in [-0.2, 0) is 11.3 Å². The standard InChI is InChI=1S/C25H26ClN3O2S/c1-4-25(30)29-15-21(20-13-23(26)32-22(20)16-29)19-8-6-5-7-18(19)17-9-10-24(27-14-17)31-12-11-28(2)3/h4-10,13-14,21H,1,11-12,15-16H2,2-3H3/t21-/m0/s1. The fourth-order valence-corrected chi connectivity index (χ4v) is 5.33. The van der Waals surface area contributed by atoms with Crippen LogP contribution in [0.1, 0.15) is 21.9 Å². The first kappa shape index (κ1) is 22.5. The summed E-state index contributed by atoms with van der Waals surface area (Å²) in [4.78, 5) is 22.0. The Morgan fingerprint density at radius 2 is 2.12 bits per heavy atom. The SMILES string of the molecule is C=CC(=O)N1Cc2sc(Cl)cc2[C@H](c2ccccc2-c2ccc(OCCN(C)C)nc2)C1. The molecule has 5 nitrogen and oxygen atoms in total. The van der Waals surface area contributed by atoms with E-state index in [1.54, 1.807) is 0 Å². The van der Waals surface area contributed by atoms with Gasteiger partial charge >= 0.3 is 0 Å². The van der Waals surface area contributed by atoms with Gasteiger partial charge in [-0.2, -0.15) is 0 Å². The zero-order valence-corrected chi connectivity index (χ0v) is 19.8. The van der Waals surface area contributed by atoms with Crippen molar-refractivity contribution >= 4 is 28.8 Å². The first-order valence-electron chi connectivity index (χ1n) is 10.5. The van der Waals surface area contributed by atoms with Crippen molar-refractivity contribution in [3.8, 4) is 17.0 Å². The number of carbonyl (C=O) groups excluding carboxylic acids is 1. The number of halogens is 1. The Morgan fingerprint density at radius 1 is 1.31 bits per heavy atom. The predicted octanol–water partition coefficient (Wildman–Crippen LogP) is 5.06. The molecule has 7 heteroatoms. The maximum atomic E-state index is 12.4. The summed E-state index contributed by atoms with van der Waals surface area (Å²) in [6, 6.07) is 14.3. The molecule has 0 saturated heterocycles. The molecule has 1 atom stereocenters. The number of fused-ring (bicyclic) bond motifs is 1. The molecule has 0 radical (unpaired) electrons. The Kier molecular flexibility index (Phi) is 6.94. The second kappa shape index (κ2) is 9.86. The highest BCUT2D eigenvalue weighted by Gasteiger charge is 2.31. The summed E-state index contributed by atoms with van der Waals surface area (Å²) in [5.41, 5.74) is 4.44. The largest absolute Gasteiger partial charge is 0.476 e. The summed E-state index contributed by atoms with van der Waals surface area (Å²) < 4.78 is 6.48. The van der Waals surface area contributed by atoms with Crippen LogP contribution < -0.4 is 4.74 Å². The molecule has 1 aliphatic rings. The highest BCUT2D eigenvalue weighted by atomic mass is 35.5. The Balaban J connectivity index is 1.66. The quantitative estimate of drug-likeness (QED) is 0.455. The first-order valence-corrected chi connectivity index (χ1v) is 11.7. The Morgan fingerprint density at radius 3 is 2.84 bits per heavy atom. The lowest BCUT2D eigenvalue weighted by Crippen LogP contribution is -2.37. The van der Waals surface area contributed by atoms with Gasteiger partial charge in [0.15, 0.2) is 0 Å². The van der Waals surface area contributed by atoms with E-state index < -0.39 is 0 Å². The number of ether oxygens (including phenoxy) is 1. The van der Waals surface area contributed by atoms with Crippen molar-refractivity contribution in [2.24, 2.45) is 0 Å². The van der Waals surface area contributed by atoms with Gasteiger partial charge in [-0.15, -0.1) is 11.3 Å². The molecule has 0 aliphatic carbocycles. The zero-order chi connectivity index (χ0) is 22.7. The minimum absolute atomic E-state index is 0.0265. The van der Waals surface area contributed by atoms with Crippen molar-refractivity contribution in [1.82, 2.24) is 14.8 Å². The zero-order valence-electron chi connectivity index (χ0n) is 18.3. The van der Waals surface area contributed by atoms with Gasteiger partial charge in [-0.3, -0.25) is 4.79 Å². The van der Waals surface area contributed by atoms with Crippen LogP contribution in [0.3, 0.4) is 0 Å². The number of aromatic nitrogens is 1. The van der Waals surface area contributed by atoms with Crippen LogP contribution in [0.4, 0.5) is 0 Å². The van der Waals surface area contributed by atoms with Gasteiger partial charge < -0.3 is 14.5 Å². The van der Waals surface area contributed by atoms with Crippen LogP contribution in [0.2, 0.25) is 4.34 Å². The fraction of sp³-hybridized carbons (Fsp3) is 0.280. The Bertz CT molecular complexity index is 1110. The Hall–Kier alpha value is -2.67. The van der Waals surface area contributed by atoms with E-state index in [1.807, 2.05) is 55.5 Å². The minimum Gasteiger partial charge on any atom is -0.476 e. The number of pyridine rings is 1. The molecular formula is C25H26ClN3O2S. The summed E-state index contributed by atoms with van der Waals surface area (Å²) in [5.74, 6) is 0.572. The number of thiophene rings is 1. The summed E-state index contributed by atoms with van der Waals surface area (Å²) in [6.45, 7) is 6.24. The van der Waals surface area contributed by atoms with Crippen LogP contribution in [0.25, 0.3) is 11.1 Å². The van der Waals surface area contributed by atoms with Crippen molar-refractivity contribution < 1.29 is 9.53 Å². The molecule has 1 aliphatic heterocycles. The summed E-state index contributed by atoms with van der Waals surface area (Å²) >= 11 is 7.91. The number of hydrogen-bond acceptors (Lipinski definition) is 5. The smallest absolute Gasteiger partial charge is 0.246 e. The summed E-state index contributed by atoms with van der Waals surface area (Å²) in [7, 11) is 4.02. The molecule has 3 aromatic rings. The monoisotopic (exact) mass is 467 g/mol. The number of rotatable bonds is 7. The molecule has 3 heterocycles. The molecule has 2 aromatic heterocycles. The van der Waals surface area contributed by atoms with Gasteiger partial charge in [0.05, 0.1) is 10.9 Å². The van der Waals surface area contributed by atoms with Crippen molar-refractivity contribution in [2.75, 3.05) is 33.8 Å². The average molecular weight is 468 g/mol. The molecule has 0 N–H and O–H groups in total. The van der Waals surface area contributed by atoms with Gasteiger partial charge in [-0.25, -0.2) is 4.98 Å². The van der Waals surface area contributed by atoms with Crippen LogP contribution in [0, 0.1) is 0 Å². The molecule has 1 amide bonds. The van der Waals surface area contributed by atoms with Crippen molar-refractivity contribution in [3.05, 3.63) is 81.7 Å². The second-order valence-corrected chi connectivity index (χ2v) is 9.80. The van der Waals surface area contributed by atoms with Crippen LogP contribution in [0.15, 0.2) is 61.3 Å². The van der Waals surface area contributed by atoms with Gasteiger partial charge in [-0.05, 0) is 49.0 Å². The van der Waals surface area contributed by atoms with E-state index in [-0.39, 0.29) is 11.8 Å². The molecule has 0 saturated carbocycles. The van der Waals surface area contributed by atoms with E-state index in [0.29, 0.717) is 25.6 Å². The average Bonchev–Trinajstić information content (AvgIpc) is 3.18. The summed E-state index contributed by atoms with van der Waals surface area (Å²) in [6.07, 6.45) is 3.23. The fourth-order valence-electron chi connectivity index (χ4n) is 3.97. The van der Waals surface area contributed by atoms with E-state index in [2.05, 4.69) is 28.6 Å². The summed E-state index contributed by atoms with van der Waals surface area (Å²) in [5, 5.41) is 0. The van der Waals surface area contributed by atoms with Crippen LogP contribution in [0.5, 0.6) is 5.88 Å². The number of nitrogens with zero attached hydrogens (tertiary/aromatic N) is 3. The maximum Gasteiger partial charge on any atom is 0.246 e. The molecule has 32 heavy (non-hydrogen) atoms. The maximum absolute atomic E-state index is 12.4. The van der Waals surface area contributed by atoms with E-state index >= 15 is 0 Å². The topological polar surface area (TPSA) is 45.7 Å². The third kappa shape index (κ3) is 4.88. The number of hydrogen-bond donors (Lipinski definition) is 0. The number of carbonyl (C=O) groups is 1. The van der Waals surface area contributed by atoms with Gasteiger partial charge in [-0.1, -0.05) is 42.4 Å². The normalized spacial score (nSPS) is 15.5. The van der Waals surface area contributed by atoms with Crippen LogP contribution >= 0.6 is 22.9 Å². The van der Waals surface area contributed by atoms with Gasteiger partial charge in [0.2, 0.25) is 11.8 Å². The molecule has 4 rings (SSSR count). The van der Waals surface area contributed by atoms with E-state index in [4.69, 9.17) is 16.3 Å². The lowest BCUT2D eigenvalue weighted by Gasteiger charge is -2.33. The lowest BCUT2D eigenvalue weighted by molar-refractivity contribution is -0.127. The molecule has 0 spiro atoms. The number of likely N-dealkylation sites (N-methyl/N-ethyl adjacent to an activating group) is 1. The van der Waals surface area contributed by atoms with Gasteiger partial charge in [0.25, 0.3) is 0 Å². The lowest BCUT2D eigenvalue weighted by atomic mass is 9.84. The van der Waals surface area contributed by atoms with Crippen molar-refractivity contribution in [1.29, 1.82) is 0 Å². The van der Waals surface area contributed by atoms with Crippen molar-refractivity contribution in [2.45, 2.75) is 12.5 Å². The third-order valence-electron chi connectivity index (χ3n) is 5.58. The third-order valence-corrected chi connectivity index (χ3v) is 6.85. The van der Waals surface area contributed by atoms with Crippen molar-refractivity contribution in [3.63, 3.8) is 0 Å². The van der Waals surface area contributed by atoms with Gasteiger partial charge in [0, 0.05) is 41.7 Å². The van der Waals surface area contributed by atoms with E-state index in [0.717, 1.165) is 32.4 Å². The number of benzene rings is 1. The van der Waals surface area contributed by atoms with Crippen LogP contribution in [-0.4, -0.2) is 54.5 Å². The van der Waals surface area contributed by atoms with Gasteiger partial charge in [0.1, 0.15) is 6.61 Å². The molecule has 0 bridgehead atoms. The van der Waals surface area contributed by atoms with E-state index in [1.165, 1.54) is 23.0 Å². The molecule has 166 valence electrons. The number of amides is 1.